The fraction of sp³-hybridized carbons (Fsp3) is 0.857. The van der Waals surface area contributed by atoms with Crippen LogP contribution in [0.2, 0.25) is 0 Å². The van der Waals surface area contributed by atoms with Crippen LogP contribution >= 0.6 is 0 Å². The van der Waals surface area contributed by atoms with Crippen molar-refractivity contribution < 1.29 is 34.0 Å². The molecule has 0 radical (unpaired) electrons. The van der Waals surface area contributed by atoms with E-state index in [1.807, 2.05) is 0 Å². The molecule has 21 heavy (non-hydrogen) atoms. The van der Waals surface area contributed by atoms with Gasteiger partial charge < -0.3 is 24.4 Å². The van der Waals surface area contributed by atoms with Crippen molar-refractivity contribution in [1.29, 1.82) is 0 Å². The van der Waals surface area contributed by atoms with Crippen LogP contribution in [0.5, 0.6) is 0 Å². The van der Waals surface area contributed by atoms with E-state index in [1.165, 1.54) is 6.92 Å². The zero-order valence-corrected chi connectivity index (χ0v) is 12.5. The SMILES string of the molecule is CCOC(=O)C1C(C)(O)OC2(C(=O)OCC)CCCC12O. The number of ether oxygens (including phenoxy) is 3. The molecule has 0 bridgehead atoms. The van der Waals surface area contributed by atoms with Gasteiger partial charge in [0.25, 0.3) is 0 Å². The molecule has 0 spiro atoms. The molecule has 4 atom stereocenters. The highest BCUT2D eigenvalue weighted by atomic mass is 16.7. The zero-order valence-electron chi connectivity index (χ0n) is 12.5. The summed E-state index contributed by atoms with van der Waals surface area (Å²) >= 11 is 0. The summed E-state index contributed by atoms with van der Waals surface area (Å²) < 4.78 is 15.4. The van der Waals surface area contributed by atoms with Crippen molar-refractivity contribution in [3.05, 3.63) is 0 Å². The van der Waals surface area contributed by atoms with Gasteiger partial charge in [-0.3, -0.25) is 4.79 Å². The van der Waals surface area contributed by atoms with Crippen LogP contribution in [-0.4, -0.2) is 52.4 Å². The Kier molecular flexibility index (Phi) is 4.03. The molecule has 1 aliphatic carbocycles. The van der Waals surface area contributed by atoms with E-state index in [4.69, 9.17) is 14.2 Å². The molecular formula is C14H22O7. The van der Waals surface area contributed by atoms with Crippen molar-refractivity contribution in [2.75, 3.05) is 13.2 Å². The first-order valence-electron chi connectivity index (χ1n) is 7.24. The number of rotatable bonds is 4. The van der Waals surface area contributed by atoms with E-state index < -0.39 is 34.8 Å². The van der Waals surface area contributed by atoms with Crippen LogP contribution in [0.3, 0.4) is 0 Å². The van der Waals surface area contributed by atoms with Gasteiger partial charge in [0.2, 0.25) is 0 Å². The minimum Gasteiger partial charge on any atom is -0.466 e. The van der Waals surface area contributed by atoms with Crippen molar-refractivity contribution in [1.82, 2.24) is 0 Å². The molecule has 120 valence electrons. The molecule has 1 heterocycles. The highest BCUT2D eigenvalue weighted by Gasteiger charge is 2.77. The number of hydrogen-bond acceptors (Lipinski definition) is 7. The van der Waals surface area contributed by atoms with Crippen molar-refractivity contribution in [2.24, 2.45) is 5.92 Å². The fourth-order valence-corrected chi connectivity index (χ4v) is 3.60. The van der Waals surface area contributed by atoms with E-state index in [1.54, 1.807) is 13.8 Å². The maximum absolute atomic E-state index is 12.3. The Morgan fingerprint density at radius 1 is 1.19 bits per heavy atom. The van der Waals surface area contributed by atoms with Gasteiger partial charge in [0.15, 0.2) is 11.4 Å². The molecule has 0 aromatic heterocycles. The predicted molar refractivity (Wildman–Crippen MR) is 70.0 cm³/mol. The molecule has 7 nitrogen and oxygen atoms in total. The molecule has 0 aromatic rings. The van der Waals surface area contributed by atoms with E-state index in [0.717, 1.165) is 0 Å². The largest absolute Gasteiger partial charge is 0.466 e. The maximum atomic E-state index is 12.3. The fourth-order valence-electron chi connectivity index (χ4n) is 3.60. The van der Waals surface area contributed by atoms with Gasteiger partial charge >= 0.3 is 11.9 Å². The van der Waals surface area contributed by atoms with Crippen LogP contribution in [0.15, 0.2) is 0 Å². The third-order valence-electron chi connectivity index (χ3n) is 4.31. The molecular weight excluding hydrogens is 280 g/mol. The van der Waals surface area contributed by atoms with Crippen LogP contribution in [-0.2, 0) is 23.8 Å². The molecule has 0 amide bonds. The Morgan fingerprint density at radius 2 is 1.81 bits per heavy atom. The second kappa shape index (κ2) is 5.23. The van der Waals surface area contributed by atoms with Crippen LogP contribution in [0.25, 0.3) is 0 Å². The van der Waals surface area contributed by atoms with Crippen LogP contribution in [0.4, 0.5) is 0 Å². The van der Waals surface area contributed by atoms with Gasteiger partial charge in [0.1, 0.15) is 11.5 Å². The Labute approximate surface area is 123 Å². The van der Waals surface area contributed by atoms with E-state index in [9.17, 15) is 19.8 Å². The molecule has 4 unspecified atom stereocenters. The minimum atomic E-state index is -1.99. The maximum Gasteiger partial charge on any atom is 0.341 e. The average Bonchev–Trinajstić information content (AvgIpc) is 2.75. The normalized spacial score (nSPS) is 41.7. The van der Waals surface area contributed by atoms with Crippen LogP contribution in [0.1, 0.15) is 40.0 Å². The van der Waals surface area contributed by atoms with Crippen molar-refractivity contribution in [2.45, 2.75) is 57.0 Å². The molecule has 2 rings (SSSR count). The van der Waals surface area contributed by atoms with Gasteiger partial charge in [0, 0.05) is 0 Å². The average molecular weight is 302 g/mol. The Bertz CT molecular complexity index is 447. The highest BCUT2D eigenvalue weighted by Crippen LogP contribution is 2.58. The highest BCUT2D eigenvalue weighted by molar-refractivity contribution is 5.86. The molecule has 1 aliphatic heterocycles. The van der Waals surface area contributed by atoms with Crippen molar-refractivity contribution >= 4 is 11.9 Å². The Morgan fingerprint density at radius 3 is 2.38 bits per heavy atom. The standard InChI is InChI=1S/C14H22O7/c1-4-19-10(15)9-12(3,17)21-14(11(16)20-5-2)8-6-7-13(9,14)18/h9,17-18H,4-8H2,1-3H3. The van der Waals surface area contributed by atoms with Crippen LogP contribution < -0.4 is 0 Å². The van der Waals surface area contributed by atoms with E-state index in [-0.39, 0.29) is 26.1 Å². The van der Waals surface area contributed by atoms with E-state index in [2.05, 4.69) is 0 Å². The Hall–Kier alpha value is -1.18. The number of carbonyl (C=O) groups is 2. The lowest BCUT2D eigenvalue weighted by atomic mass is 9.76. The number of fused-ring (bicyclic) bond motifs is 1. The van der Waals surface area contributed by atoms with Gasteiger partial charge in [0.05, 0.1) is 13.2 Å². The smallest absolute Gasteiger partial charge is 0.341 e. The zero-order chi connectivity index (χ0) is 15.9. The van der Waals surface area contributed by atoms with Crippen LogP contribution in [0, 0.1) is 5.92 Å². The quantitative estimate of drug-likeness (QED) is 0.711. The number of esters is 2. The first-order chi connectivity index (χ1) is 9.75. The lowest BCUT2D eigenvalue weighted by molar-refractivity contribution is -0.238. The summed E-state index contributed by atoms with van der Waals surface area (Å²) in [6.45, 7) is 4.74. The molecule has 0 aromatic carbocycles. The molecule has 2 N–H and O–H groups in total. The van der Waals surface area contributed by atoms with Gasteiger partial charge in [-0.05, 0) is 40.0 Å². The van der Waals surface area contributed by atoms with Gasteiger partial charge in [-0.1, -0.05) is 0 Å². The third kappa shape index (κ3) is 2.15. The van der Waals surface area contributed by atoms with E-state index >= 15 is 0 Å². The monoisotopic (exact) mass is 302 g/mol. The first-order valence-corrected chi connectivity index (χ1v) is 7.24. The second-order valence-corrected chi connectivity index (χ2v) is 5.67. The summed E-state index contributed by atoms with van der Waals surface area (Å²) in [5.74, 6) is -4.87. The lowest BCUT2D eigenvalue weighted by Gasteiger charge is -2.34. The summed E-state index contributed by atoms with van der Waals surface area (Å²) in [6.07, 6.45) is 0.834. The summed E-state index contributed by atoms with van der Waals surface area (Å²) in [6, 6.07) is 0. The Balaban J connectivity index is 2.45. The third-order valence-corrected chi connectivity index (χ3v) is 4.31. The van der Waals surface area contributed by atoms with Gasteiger partial charge in [-0.15, -0.1) is 0 Å². The number of aliphatic hydroxyl groups is 2. The van der Waals surface area contributed by atoms with E-state index in [0.29, 0.717) is 6.42 Å². The number of carbonyl (C=O) groups excluding carboxylic acids is 2. The molecule has 1 saturated heterocycles. The summed E-state index contributed by atoms with van der Waals surface area (Å²) in [5.41, 5.74) is -3.54. The molecule has 7 heteroatoms. The summed E-state index contributed by atoms with van der Waals surface area (Å²) in [4.78, 5) is 24.5. The van der Waals surface area contributed by atoms with Crippen molar-refractivity contribution in [3.8, 4) is 0 Å². The molecule has 2 fully saturated rings. The number of hydrogen-bond donors (Lipinski definition) is 2. The van der Waals surface area contributed by atoms with Gasteiger partial charge in [-0.25, -0.2) is 4.79 Å². The van der Waals surface area contributed by atoms with Crippen molar-refractivity contribution in [3.63, 3.8) is 0 Å². The molecule has 2 aliphatic rings. The molecule has 1 saturated carbocycles. The lowest BCUT2D eigenvalue weighted by Crippen LogP contribution is -2.57. The first kappa shape index (κ1) is 16.2. The topological polar surface area (TPSA) is 102 Å². The minimum absolute atomic E-state index is 0.105. The summed E-state index contributed by atoms with van der Waals surface area (Å²) in [7, 11) is 0. The predicted octanol–water partition coefficient (Wildman–Crippen LogP) is 0.121. The second-order valence-electron chi connectivity index (χ2n) is 5.67. The van der Waals surface area contributed by atoms with Gasteiger partial charge in [-0.2, -0.15) is 0 Å². The summed E-state index contributed by atoms with van der Waals surface area (Å²) in [5, 5.41) is 21.4.